The normalized spacial score (nSPS) is 22.6. The van der Waals surface area contributed by atoms with E-state index in [2.05, 4.69) is 29.6 Å². The molecule has 1 atom stereocenters. The zero-order valence-electron chi connectivity index (χ0n) is 13.0. The predicted octanol–water partition coefficient (Wildman–Crippen LogP) is 2.74. The summed E-state index contributed by atoms with van der Waals surface area (Å²) in [5.74, 6) is 0.971. The molecule has 1 aliphatic heterocycles. The van der Waals surface area contributed by atoms with Gasteiger partial charge in [-0.05, 0) is 36.3 Å². The summed E-state index contributed by atoms with van der Waals surface area (Å²) in [6.45, 7) is 1.74. The van der Waals surface area contributed by atoms with E-state index in [1.54, 1.807) is 0 Å². The second kappa shape index (κ2) is 6.61. The number of nitrogens with zero attached hydrogens (tertiary/aromatic N) is 1. The number of carbonyl (C=O) groups excluding carboxylic acids is 1. The van der Waals surface area contributed by atoms with Crippen molar-refractivity contribution in [3.63, 3.8) is 0 Å². The topological polar surface area (TPSA) is 32.3 Å². The molecule has 114 valence electrons. The van der Waals surface area contributed by atoms with Gasteiger partial charge in [0.2, 0.25) is 5.91 Å². The van der Waals surface area contributed by atoms with Crippen molar-refractivity contribution in [2.75, 3.05) is 13.6 Å². The molecule has 1 aromatic rings. The third-order valence-electron chi connectivity index (χ3n) is 5.01. The van der Waals surface area contributed by atoms with Gasteiger partial charge in [0.05, 0.1) is 6.04 Å². The van der Waals surface area contributed by atoms with E-state index in [0.717, 1.165) is 19.5 Å². The fourth-order valence-corrected chi connectivity index (χ4v) is 3.74. The number of hydrogen-bond acceptors (Lipinski definition) is 2. The Hall–Kier alpha value is -1.35. The molecule has 3 nitrogen and oxygen atoms in total. The maximum atomic E-state index is 12.6. The average molecular weight is 286 g/mol. The van der Waals surface area contributed by atoms with Crippen LogP contribution in [-0.2, 0) is 17.8 Å². The number of nitrogens with one attached hydrogen (secondary N) is 1. The monoisotopic (exact) mass is 286 g/mol. The molecule has 0 aromatic heterocycles. The molecule has 1 aliphatic carbocycles. The molecule has 1 N–H and O–H groups in total. The van der Waals surface area contributed by atoms with Crippen LogP contribution in [0.4, 0.5) is 0 Å². The summed E-state index contributed by atoms with van der Waals surface area (Å²) in [6, 6.07) is 8.38. The molecule has 0 radical (unpaired) electrons. The zero-order chi connectivity index (χ0) is 14.7. The first kappa shape index (κ1) is 14.6. The maximum absolute atomic E-state index is 12.6. The molecule has 1 amide bonds. The van der Waals surface area contributed by atoms with Gasteiger partial charge in [-0.15, -0.1) is 0 Å². The lowest BCUT2D eigenvalue weighted by Gasteiger charge is -2.32. The van der Waals surface area contributed by atoms with E-state index in [-0.39, 0.29) is 11.9 Å². The van der Waals surface area contributed by atoms with Crippen LogP contribution in [0.1, 0.15) is 43.2 Å². The Morgan fingerprint density at radius 1 is 1.19 bits per heavy atom. The molecular weight excluding hydrogens is 260 g/mol. The van der Waals surface area contributed by atoms with Gasteiger partial charge in [-0.2, -0.15) is 0 Å². The van der Waals surface area contributed by atoms with Gasteiger partial charge in [0.25, 0.3) is 0 Å². The van der Waals surface area contributed by atoms with E-state index >= 15 is 0 Å². The van der Waals surface area contributed by atoms with Crippen molar-refractivity contribution in [2.45, 2.75) is 51.1 Å². The molecule has 0 spiro atoms. The van der Waals surface area contributed by atoms with Crippen molar-refractivity contribution >= 4 is 5.91 Å². The van der Waals surface area contributed by atoms with Gasteiger partial charge in [-0.3, -0.25) is 4.79 Å². The van der Waals surface area contributed by atoms with Crippen LogP contribution in [0.5, 0.6) is 0 Å². The lowest BCUT2D eigenvalue weighted by molar-refractivity contribution is -0.133. The second-order valence-electron chi connectivity index (χ2n) is 6.63. The fourth-order valence-electron chi connectivity index (χ4n) is 3.74. The van der Waals surface area contributed by atoms with Crippen molar-refractivity contribution in [2.24, 2.45) is 5.92 Å². The lowest BCUT2D eigenvalue weighted by Crippen LogP contribution is -2.49. The molecule has 1 fully saturated rings. The van der Waals surface area contributed by atoms with Crippen LogP contribution in [0.2, 0.25) is 0 Å². The van der Waals surface area contributed by atoms with Gasteiger partial charge in [-0.25, -0.2) is 0 Å². The standard InChI is InChI=1S/C18H26N2O/c1-20(13-14-7-3-2-4-8-14)18(21)17-11-15-9-5-6-10-16(15)12-19-17/h5-6,9-10,14,17,19H,2-4,7-8,11-13H2,1H3/t17-/m0/s1. The van der Waals surface area contributed by atoms with E-state index < -0.39 is 0 Å². The summed E-state index contributed by atoms with van der Waals surface area (Å²) in [6.07, 6.45) is 7.44. The van der Waals surface area contributed by atoms with Crippen molar-refractivity contribution in [1.29, 1.82) is 0 Å². The SMILES string of the molecule is CN(CC1CCCCC1)C(=O)[C@@H]1Cc2ccccc2CN1. The first-order chi connectivity index (χ1) is 10.2. The molecular formula is C18H26N2O. The summed E-state index contributed by atoms with van der Waals surface area (Å²) < 4.78 is 0. The van der Waals surface area contributed by atoms with Crippen LogP contribution in [0, 0.1) is 5.92 Å². The van der Waals surface area contributed by atoms with Gasteiger partial charge in [0.15, 0.2) is 0 Å². The first-order valence-electron chi connectivity index (χ1n) is 8.29. The van der Waals surface area contributed by atoms with Crippen molar-refractivity contribution < 1.29 is 4.79 Å². The molecule has 0 bridgehead atoms. The highest BCUT2D eigenvalue weighted by atomic mass is 16.2. The molecule has 3 rings (SSSR count). The third kappa shape index (κ3) is 3.46. The van der Waals surface area contributed by atoms with Crippen LogP contribution in [0.15, 0.2) is 24.3 Å². The largest absolute Gasteiger partial charge is 0.344 e. The van der Waals surface area contributed by atoms with E-state index in [1.807, 2.05) is 11.9 Å². The Kier molecular flexibility index (Phi) is 4.59. The molecule has 1 saturated carbocycles. The molecule has 2 aliphatic rings. The van der Waals surface area contributed by atoms with Crippen molar-refractivity contribution in [1.82, 2.24) is 10.2 Å². The van der Waals surface area contributed by atoms with Gasteiger partial charge < -0.3 is 10.2 Å². The van der Waals surface area contributed by atoms with Crippen LogP contribution < -0.4 is 5.32 Å². The molecule has 3 heteroatoms. The van der Waals surface area contributed by atoms with E-state index in [1.165, 1.54) is 43.2 Å². The third-order valence-corrected chi connectivity index (χ3v) is 5.01. The predicted molar refractivity (Wildman–Crippen MR) is 85.0 cm³/mol. The maximum Gasteiger partial charge on any atom is 0.239 e. The molecule has 0 saturated heterocycles. The number of rotatable bonds is 3. The lowest BCUT2D eigenvalue weighted by atomic mass is 9.88. The van der Waals surface area contributed by atoms with Crippen molar-refractivity contribution in [3.05, 3.63) is 35.4 Å². The number of hydrogen-bond donors (Lipinski definition) is 1. The Bertz CT molecular complexity index is 494. The Balaban J connectivity index is 1.58. The Labute approximate surface area is 127 Å². The van der Waals surface area contributed by atoms with Gasteiger partial charge in [-0.1, -0.05) is 43.5 Å². The molecule has 1 heterocycles. The van der Waals surface area contributed by atoms with Crippen LogP contribution in [0.25, 0.3) is 0 Å². The quantitative estimate of drug-likeness (QED) is 0.926. The number of likely N-dealkylation sites (N-methyl/N-ethyl adjacent to an activating group) is 1. The minimum atomic E-state index is -0.0477. The number of carbonyl (C=O) groups is 1. The highest BCUT2D eigenvalue weighted by molar-refractivity contribution is 5.82. The molecule has 1 aromatic carbocycles. The van der Waals surface area contributed by atoms with Gasteiger partial charge in [0, 0.05) is 20.1 Å². The minimum absolute atomic E-state index is 0.0477. The minimum Gasteiger partial charge on any atom is -0.344 e. The van der Waals surface area contributed by atoms with Gasteiger partial charge >= 0.3 is 0 Å². The summed E-state index contributed by atoms with van der Waals surface area (Å²) in [4.78, 5) is 14.6. The van der Waals surface area contributed by atoms with Gasteiger partial charge in [0.1, 0.15) is 0 Å². The second-order valence-corrected chi connectivity index (χ2v) is 6.63. The van der Waals surface area contributed by atoms with Crippen LogP contribution in [0.3, 0.4) is 0 Å². The number of benzene rings is 1. The fraction of sp³-hybridized carbons (Fsp3) is 0.611. The van der Waals surface area contributed by atoms with Crippen LogP contribution in [-0.4, -0.2) is 30.4 Å². The summed E-state index contributed by atoms with van der Waals surface area (Å²) >= 11 is 0. The highest BCUT2D eigenvalue weighted by Gasteiger charge is 2.27. The smallest absolute Gasteiger partial charge is 0.239 e. The van der Waals surface area contributed by atoms with Crippen molar-refractivity contribution in [3.8, 4) is 0 Å². The first-order valence-corrected chi connectivity index (χ1v) is 8.29. The average Bonchev–Trinajstić information content (AvgIpc) is 2.54. The van der Waals surface area contributed by atoms with E-state index in [4.69, 9.17) is 0 Å². The number of amides is 1. The zero-order valence-corrected chi connectivity index (χ0v) is 13.0. The number of fused-ring (bicyclic) bond motifs is 1. The Morgan fingerprint density at radius 2 is 1.90 bits per heavy atom. The van der Waals surface area contributed by atoms with Crippen LogP contribution >= 0.6 is 0 Å². The van der Waals surface area contributed by atoms with E-state index in [0.29, 0.717) is 5.92 Å². The Morgan fingerprint density at radius 3 is 2.67 bits per heavy atom. The summed E-state index contributed by atoms with van der Waals surface area (Å²) in [5, 5.41) is 3.40. The summed E-state index contributed by atoms with van der Waals surface area (Å²) in [5.41, 5.74) is 2.65. The highest BCUT2D eigenvalue weighted by Crippen LogP contribution is 2.24. The summed E-state index contributed by atoms with van der Waals surface area (Å²) in [7, 11) is 1.97. The molecule has 21 heavy (non-hydrogen) atoms. The molecule has 0 unspecified atom stereocenters. The van der Waals surface area contributed by atoms with E-state index in [9.17, 15) is 4.79 Å².